The number of anilines is 1. The Balaban J connectivity index is 1.24. The number of rotatable bonds is 7. The van der Waals surface area contributed by atoms with E-state index in [0.29, 0.717) is 48.5 Å². The van der Waals surface area contributed by atoms with Crippen molar-refractivity contribution in [2.24, 2.45) is 4.99 Å². The Kier molecular flexibility index (Phi) is 8.36. The fourth-order valence-electron chi connectivity index (χ4n) is 5.47. The number of benzene rings is 2. The molecule has 14 heteroatoms. The van der Waals surface area contributed by atoms with Gasteiger partial charge in [-0.25, -0.2) is 4.39 Å². The molecule has 1 atom stereocenters. The van der Waals surface area contributed by atoms with E-state index < -0.39 is 18.9 Å². The van der Waals surface area contributed by atoms with Crippen molar-refractivity contribution in [3.63, 3.8) is 0 Å². The van der Waals surface area contributed by atoms with Crippen molar-refractivity contribution >= 4 is 33.9 Å². The molecular formula is C30H31F4N7O3. The van der Waals surface area contributed by atoms with Gasteiger partial charge in [-0.15, -0.1) is 0 Å². The molecule has 2 saturated heterocycles. The fourth-order valence-corrected chi connectivity index (χ4v) is 5.47. The van der Waals surface area contributed by atoms with Crippen LogP contribution in [0.4, 0.5) is 28.9 Å². The summed E-state index contributed by atoms with van der Waals surface area (Å²) in [5, 5.41) is 7.06. The largest absolute Gasteiger partial charge is 0.406 e. The number of likely N-dealkylation sites (tertiary alicyclic amines) is 1. The Morgan fingerprint density at radius 1 is 1.11 bits per heavy atom. The second-order valence-corrected chi connectivity index (χ2v) is 10.9. The number of aromatic nitrogens is 3. The second kappa shape index (κ2) is 12.4. The Morgan fingerprint density at radius 3 is 2.68 bits per heavy atom. The van der Waals surface area contributed by atoms with E-state index in [-0.39, 0.29) is 41.9 Å². The molecule has 10 nitrogen and oxygen atoms in total. The number of ether oxygens (including phenoxy) is 1. The van der Waals surface area contributed by atoms with Crippen LogP contribution in [-0.4, -0.2) is 90.0 Å². The van der Waals surface area contributed by atoms with E-state index >= 15 is 0 Å². The molecule has 0 unspecified atom stereocenters. The first-order valence-corrected chi connectivity index (χ1v) is 14.3. The number of carbonyl (C=O) groups is 1. The summed E-state index contributed by atoms with van der Waals surface area (Å²) in [7, 11) is 1.82. The predicted molar refractivity (Wildman–Crippen MR) is 156 cm³/mol. The van der Waals surface area contributed by atoms with Crippen LogP contribution in [0.5, 0.6) is 0 Å². The molecule has 1 N–H and O–H groups in total. The lowest BCUT2D eigenvalue weighted by Gasteiger charge is -2.29. The SMILES string of the molecule is CN1CC/C(=N\c2cccc3c2cc(-c2noc(CNC(=O)c4cccc(N5CCOCC5)c4)n2)n3CC(F)(F)F)[C@@H](F)C1. The zero-order valence-corrected chi connectivity index (χ0v) is 24.0. The minimum atomic E-state index is -4.54. The van der Waals surface area contributed by atoms with Crippen LogP contribution in [0.2, 0.25) is 0 Å². The van der Waals surface area contributed by atoms with Gasteiger partial charge in [0.1, 0.15) is 6.54 Å². The van der Waals surface area contributed by atoms with Gasteiger partial charge in [-0.3, -0.25) is 9.79 Å². The average molecular weight is 614 g/mol. The number of nitrogens with one attached hydrogen (secondary N) is 1. The first-order chi connectivity index (χ1) is 21.1. The lowest BCUT2D eigenvalue weighted by molar-refractivity contribution is -0.139. The summed E-state index contributed by atoms with van der Waals surface area (Å²) in [5.41, 5.74) is 2.37. The minimum Gasteiger partial charge on any atom is -0.378 e. The van der Waals surface area contributed by atoms with E-state index in [1.54, 1.807) is 36.4 Å². The van der Waals surface area contributed by atoms with Gasteiger partial charge in [0.2, 0.25) is 11.7 Å². The third-order valence-electron chi connectivity index (χ3n) is 7.69. The molecule has 0 spiro atoms. The van der Waals surface area contributed by atoms with Crippen LogP contribution in [0.15, 0.2) is 58.0 Å². The Bertz CT molecular complexity index is 1680. The van der Waals surface area contributed by atoms with E-state index in [0.717, 1.165) is 23.3 Å². The summed E-state index contributed by atoms with van der Waals surface area (Å²) in [6, 6.07) is 13.5. The zero-order chi connectivity index (χ0) is 30.8. The quantitative estimate of drug-likeness (QED) is 0.300. The Labute approximate surface area is 250 Å². The van der Waals surface area contributed by atoms with Crippen LogP contribution >= 0.6 is 0 Å². The van der Waals surface area contributed by atoms with Crippen LogP contribution in [0.25, 0.3) is 22.4 Å². The van der Waals surface area contributed by atoms with Crippen LogP contribution < -0.4 is 10.2 Å². The summed E-state index contributed by atoms with van der Waals surface area (Å²) in [5.74, 6) is -0.422. The molecule has 44 heavy (non-hydrogen) atoms. The lowest BCUT2D eigenvalue weighted by Crippen LogP contribution is -2.39. The molecule has 4 heterocycles. The molecule has 6 rings (SSSR count). The molecule has 2 aromatic carbocycles. The molecule has 2 fully saturated rings. The van der Waals surface area contributed by atoms with Gasteiger partial charge in [0.15, 0.2) is 6.17 Å². The molecule has 2 aromatic heterocycles. The van der Waals surface area contributed by atoms with Crippen molar-refractivity contribution in [3.05, 3.63) is 60.0 Å². The summed E-state index contributed by atoms with van der Waals surface area (Å²) in [6.07, 6.45) is -5.39. The zero-order valence-electron chi connectivity index (χ0n) is 24.0. The Hall–Kier alpha value is -4.30. The van der Waals surface area contributed by atoms with E-state index in [9.17, 15) is 22.4 Å². The number of hydrogen-bond acceptors (Lipinski definition) is 8. The van der Waals surface area contributed by atoms with E-state index in [1.807, 2.05) is 18.0 Å². The maximum Gasteiger partial charge on any atom is 0.406 e. The van der Waals surface area contributed by atoms with Crippen molar-refractivity contribution in [3.8, 4) is 11.5 Å². The molecule has 0 bridgehead atoms. The maximum atomic E-state index is 14.7. The van der Waals surface area contributed by atoms with Gasteiger partial charge < -0.3 is 28.9 Å². The number of alkyl halides is 4. The van der Waals surface area contributed by atoms with Crippen molar-refractivity contribution < 1.29 is 31.6 Å². The van der Waals surface area contributed by atoms with Crippen molar-refractivity contribution in [2.75, 3.05) is 51.3 Å². The van der Waals surface area contributed by atoms with E-state index in [4.69, 9.17) is 9.26 Å². The highest BCUT2D eigenvalue weighted by atomic mass is 19.4. The van der Waals surface area contributed by atoms with Crippen molar-refractivity contribution in [1.82, 2.24) is 24.9 Å². The Morgan fingerprint density at radius 2 is 1.91 bits per heavy atom. The van der Waals surface area contributed by atoms with Crippen molar-refractivity contribution in [2.45, 2.75) is 31.9 Å². The summed E-state index contributed by atoms with van der Waals surface area (Å²) < 4.78 is 67.6. The molecule has 0 saturated carbocycles. The number of amides is 1. The van der Waals surface area contributed by atoms with Crippen LogP contribution in [0.1, 0.15) is 22.7 Å². The molecule has 4 aromatic rings. The number of hydrogen-bond donors (Lipinski definition) is 1. The third-order valence-corrected chi connectivity index (χ3v) is 7.69. The topological polar surface area (TPSA) is 101 Å². The first kappa shape index (κ1) is 29.8. The fraction of sp³-hybridized carbons (Fsp3) is 0.400. The molecule has 0 radical (unpaired) electrons. The number of halogens is 4. The number of nitrogens with zero attached hydrogens (tertiary/aromatic N) is 6. The normalized spacial score (nSPS) is 19.2. The second-order valence-electron chi connectivity index (χ2n) is 10.9. The minimum absolute atomic E-state index is 0.0218. The van der Waals surface area contributed by atoms with Gasteiger partial charge >= 0.3 is 6.18 Å². The van der Waals surface area contributed by atoms with Gasteiger partial charge in [0.05, 0.1) is 42.4 Å². The molecular weight excluding hydrogens is 582 g/mol. The third kappa shape index (κ3) is 6.60. The van der Waals surface area contributed by atoms with Crippen LogP contribution in [0.3, 0.4) is 0 Å². The van der Waals surface area contributed by atoms with E-state index in [1.165, 1.54) is 6.07 Å². The number of carbonyl (C=O) groups excluding carboxylic acids is 1. The van der Waals surface area contributed by atoms with Crippen molar-refractivity contribution in [1.29, 1.82) is 0 Å². The highest BCUT2D eigenvalue weighted by Gasteiger charge is 2.31. The predicted octanol–water partition coefficient (Wildman–Crippen LogP) is 4.77. The lowest BCUT2D eigenvalue weighted by atomic mass is 10.1. The van der Waals surface area contributed by atoms with Gasteiger partial charge in [0.25, 0.3) is 5.91 Å². The average Bonchev–Trinajstić information content (AvgIpc) is 3.62. The monoisotopic (exact) mass is 613 g/mol. The number of morpholine rings is 1. The highest BCUT2D eigenvalue weighted by molar-refractivity contribution is 5.99. The van der Waals surface area contributed by atoms with Gasteiger partial charge in [-0.1, -0.05) is 17.3 Å². The summed E-state index contributed by atoms with van der Waals surface area (Å²) in [6.45, 7) is 2.09. The van der Waals surface area contributed by atoms with Crippen LogP contribution in [-0.2, 0) is 17.8 Å². The number of aliphatic imine (C=N–C) groups is 1. The standard InChI is InChI=1S/C30H31F4N7O3/c1-39-9-8-24(22(31)17-39)36-23-6-3-7-25-21(23)15-26(41(25)18-30(32,33)34)28-37-27(44-38-28)16-35-29(42)19-4-2-5-20(14-19)40-10-12-43-13-11-40/h2-7,14-15,22H,8-13,16-18H2,1H3,(H,35,42)/b36-24+/t22-/m0/s1. The summed E-state index contributed by atoms with van der Waals surface area (Å²) >= 11 is 0. The molecule has 232 valence electrons. The molecule has 1 amide bonds. The maximum absolute atomic E-state index is 14.7. The van der Waals surface area contributed by atoms with Gasteiger partial charge in [0, 0.05) is 49.2 Å². The number of fused-ring (bicyclic) bond motifs is 1. The molecule has 2 aliphatic heterocycles. The van der Waals surface area contributed by atoms with Gasteiger partial charge in [-0.05, 0) is 43.4 Å². The van der Waals surface area contributed by atoms with Crippen LogP contribution in [0, 0.1) is 0 Å². The van der Waals surface area contributed by atoms with Gasteiger partial charge in [-0.2, -0.15) is 18.2 Å². The number of piperidine rings is 1. The smallest absolute Gasteiger partial charge is 0.378 e. The molecule has 2 aliphatic rings. The molecule has 0 aliphatic carbocycles. The van der Waals surface area contributed by atoms with E-state index in [2.05, 4.69) is 25.3 Å². The first-order valence-electron chi connectivity index (χ1n) is 14.3. The summed E-state index contributed by atoms with van der Waals surface area (Å²) in [4.78, 5) is 25.7. The highest BCUT2D eigenvalue weighted by Crippen LogP contribution is 2.36.